The average Bonchev–Trinajstić information content (AvgIpc) is 2.66. The lowest BCUT2D eigenvalue weighted by molar-refractivity contribution is -0.164. The Morgan fingerprint density at radius 2 is 0.889 bits per heavy atom. The second kappa shape index (κ2) is 19.5. The molecule has 0 unspecified atom stereocenters. The van der Waals surface area contributed by atoms with Gasteiger partial charge in [0.05, 0.1) is 39.6 Å². The van der Waals surface area contributed by atoms with Crippen molar-refractivity contribution in [2.75, 3.05) is 66.1 Å². The summed E-state index contributed by atoms with van der Waals surface area (Å²) in [5.74, 6) is -2.12. The molecule has 0 aliphatic heterocycles. The van der Waals surface area contributed by atoms with Crippen LogP contribution < -0.4 is 0 Å². The molecule has 0 aromatic heterocycles. The molecule has 0 rings (SSSR count). The smallest absolute Gasteiger partial charge is 0.320 e. The standard InChI is InChI=1S/C19H36O8/c1-4-7-22-9-11-24-13-15-26-18(20)17(6-3)19(21)27-16-14-25-12-10-23-8-5-2/h17H,4-16H2,1-3H3. The number of carbonyl (C=O) groups excluding carboxylic acids is 2. The minimum absolute atomic E-state index is 0.0945. The maximum Gasteiger partial charge on any atom is 0.320 e. The van der Waals surface area contributed by atoms with E-state index in [1.807, 2.05) is 13.8 Å². The van der Waals surface area contributed by atoms with Gasteiger partial charge in [0.1, 0.15) is 13.2 Å². The number of carbonyl (C=O) groups is 2. The summed E-state index contributed by atoms with van der Waals surface area (Å²) in [5, 5.41) is 0. The SMILES string of the molecule is CCCOCCOCCOC(=O)C(CC)C(=O)OCCOCCOCCC. The summed E-state index contributed by atoms with van der Waals surface area (Å²) in [7, 11) is 0. The second-order valence-electron chi connectivity index (χ2n) is 5.75. The zero-order valence-electron chi connectivity index (χ0n) is 17.0. The minimum atomic E-state index is -0.925. The van der Waals surface area contributed by atoms with Crippen molar-refractivity contribution in [2.24, 2.45) is 5.92 Å². The highest BCUT2D eigenvalue weighted by Gasteiger charge is 2.27. The molecule has 0 aliphatic carbocycles. The summed E-state index contributed by atoms with van der Waals surface area (Å²) in [5.41, 5.74) is 0. The van der Waals surface area contributed by atoms with E-state index in [1.54, 1.807) is 6.92 Å². The normalized spacial score (nSPS) is 11.0. The summed E-state index contributed by atoms with van der Waals surface area (Å²) in [6.07, 6.45) is 2.24. The summed E-state index contributed by atoms with van der Waals surface area (Å²) in [6.45, 7) is 9.84. The molecule has 0 heterocycles. The van der Waals surface area contributed by atoms with E-state index < -0.39 is 17.9 Å². The van der Waals surface area contributed by atoms with Crippen LogP contribution >= 0.6 is 0 Å². The van der Waals surface area contributed by atoms with Gasteiger partial charge in [-0.25, -0.2) is 0 Å². The molecule has 8 heteroatoms. The fourth-order valence-corrected chi connectivity index (χ4v) is 1.97. The zero-order valence-corrected chi connectivity index (χ0v) is 17.0. The molecule has 0 aliphatic rings. The Bertz CT molecular complexity index is 330. The maximum atomic E-state index is 12.0. The summed E-state index contributed by atoms with van der Waals surface area (Å²) < 4.78 is 31.2. The predicted octanol–water partition coefficient (Wildman–Crippen LogP) is 1.99. The third-order valence-electron chi connectivity index (χ3n) is 3.36. The van der Waals surface area contributed by atoms with Gasteiger partial charge in [-0.1, -0.05) is 20.8 Å². The number of ether oxygens (including phenoxy) is 6. The molecule has 8 nitrogen and oxygen atoms in total. The van der Waals surface area contributed by atoms with E-state index >= 15 is 0 Å². The fourth-order valence-electron chi connectivity index (χ4n) is 1.97. The van der Waals surface area contributed by atoms with Crippen LogP contribution in [0.5, 0.6) is 0 Å². The molecule has 0 bridgehead atoms. The zero-order chi connectivity index (χ0) is 20.2. The molecular formula is C19H36O8. The lowest BCUT2D eigenvalue weighted by atomic mass is 10.1. The first-order chi connectivity index (χ1) is 13.2. The molecule has 0 saturated carbocycles. The third kappa shape index (κ3) is 15.5. The Balaban J connectivity index is 3.73. The van der Waals surface area contributed by atoms with Crippen molar-refractivity contribution in [3.63, 3.8) is 0 Å². The van der Waals surface area contributed by atoms with E-state index in [0.29, 0.717) is 46.1 Å². The van der Waals surface area contributed by atoms with Crippen LogP contribution in [-0.2, 0) is 38.0 Å². The quantitative estimate of drug-likeness (QED) is 0.187. The first kappa shape index (κ1) is 25.8. The van der Waals surface area contributed by atoms with Crippen LogP contribution in [0.15, 0.2) is 0 Å². The topological polar surface area (TPSA) is 89.5 Å². The van der Waals surface area contributed by atoms with E-state index in [4.69, 9.17) is 28.4 Å². The molecule has 0 saturated heterocycles. The summed E-state index contributed by atoms with van der Waals surface area (Å²) >= 11 is 0. The van der Waals surface area contributed by atoms with Crippen LogP contribution in [0.25, 0.3) is 0 Å². The van der Waals surface area contributed by atoms with Gasteiger partial charge < -0.3 is 28.4 Å². The molecule has 160 valence electrons. The number of esters is 2. The van der Waals surface area contributed by atoms with Gasteiger partial charge in [0.2, 0.25) is 0 Å². The van der Waals surface area contributed by atoms with Crippen LogP contribution in [0.3, 0.4) is 0 Å². The van der Waals surface area contributed by atoms with Crippen molar-refractivity contribution in [3.05, 3.63) is 0 Å². The van der Waals surface area contributed by atoms with Crippen molar-refractivity contribution in [2.45, 2.75) is 40.0 Å². The number of hydrogen-bond acceptors (Lipinski definition) is 8. The first-order valence-corrected chi connectivity index (χ1v) is 9.81. The Morgan fingerprint density at radius 3 is 1.22 bits per heavy atom. The van der Waals surface area contributed by atoms with Crippen molar-refractivity contribution in [1.29, 1.82) is 0 Å². The van der Waals surface area contributed by atoms with Crippen LogP contribution in [0.4, 0.5) is 0 Å². The Hall–Kier alpha value is -1.22. The molecule has 0 fully saturated rings. The molecule has 27 heavy (non-hydrogen) atoms. The minimum Gasteiger partial charge on any atom is -0.463 e. The third-order valence-corrected chi connectivity index (χ3v) is 3.36. The molecular weight excluding hydrogens is 356 g/mol. The Kier molecular flexibility index (Phi) is 18.7. The van der Waals surface area contributed by atoms with Crippen LogP contribution in [0, 0.1) is 5.92 Å². The largest absolute Gasteiger partial charge is 0.463 e. The monoisotopic (exact) mass is 392 g/mol. The summed E-state index contributed by atoms with van der Waals surface area (Å²) in [4.78, 5) is 23.9. The van der Waals surface area contributed by atoms with Crippen molar-refractivity contribution >= 4 is 11.9 Å². The number of hydrogen-bond donors (Lipinski definition) is 0. The lowest BCUT2D eigenvalue weighted by Gasteiger charge is -2.14. The van der Waals surface area contributed by atoms with Gasteiger partial charge in [0, 0.05) is 13.2 Å². The Labute approximate surface area is 162 Å². The second-order valence-corrected chi connectivity index (χ2v) is 5.75. The van der Waals surface area contributed by atoms with Gasteiger partial charge in [-0.15, -0.1) is 0 Å². The van der Waals surface area contributed by atoms with E-state index in [2.05, 4.69) is 0 Å². The van der Waals surface area contributed by atoms with E-state index in [0.717, 1.165) is 12.8 Å². The molecule has 0 amide bonds. The molecule has 0 spiro atoms. The average molecular weight is 392 g/mol. The highest BCUT2D eigenvalue weighted by Crippen LogP contribution is 2.08. The van der Waals surface area contributed by atoms with Crippen LogP contribution in [-0.4, -0.2) is 78.0 Å². The molecule has 0 aromatic carbocycles. The molecule has 0 aromatic rings. The predicted molar refractivity (Wildman–Crippen MR) is 99.6 cm³/mol. The van der Waals surface area contributed by atoms with E-state index in [1.165, 1.54) is 0 Å². The Morgan fingerprint density at radius 1 is 0.556 bits per heavy atom. The van der Waals surface area contributed by atoms with Crippen LogP contribution in [0.2, 0.25) is 0 Å². The maximum absolute atomic E-state index is 12.0. The van der Waals surface area contributed by atoms with Gasteiger partial charge in [-0.05, 0) is 19.3 Å². The van der Waals surface area contributed by atoms with E-state index in [9.17, 15) is 9.59 Å². The molecule has 0 N–H and O–H groups in total. The first-order valence-electron chi connectivity index (χ1n) is 9.81. The van der Waals surface area contributed by atoms with Gasteiger partial charge in [0.25, 0.3) is 0 Å². The van der Waals surface area contributed by atoms with Crippen molar-refractivity contribution in [3.8, 4) is 0 Å². The van der Waals surface area contributed by atoms with Crippen molar-refractivity contribution in [1.82, 2.24) is 0 Å². The number of rotatable bonds is 19. The molecule has 0 radical (unpaired) electrons. The van der Waals surface area contributed by atoms with Gasteiger partial charge in [-0.3, -0.25) is 9.59 Å². The summed E-state index contributed by atoms with van der Waals surface area (Å²) in [6, 6.07) is 0. The van der Waals surface area contributed by atoms with Crippen LogP contribution in [0.1, 0.15) is 40.0 Å². The van der Waals surface area contributed by atoms with E-state index in [-0.39, 0.29) is 26.4 Å². The fraction of sp³-hybridized carbons (Fsp3) is 0.895. The molecule has 0 atom stereocenters. The van der Waals surface area contributed by atoms with Gasteiger partial charge in [-0.2, -0.15) is 0 Å². The van der Waals surface area contributed by atoms with Crippen molar-refractivity contribution < 1.29 is 38.0 Å². The highest BCUT2D eigenvalue weighted by molar-refractivity contribution is 5.94. The lowest BCUT2D eigenvalue weighted by Crippen LogP contribution is -2.29. The highest BCUT2D eigenvalue weighted by atomic mass is 16.6. The van der Waals surface area contributed by atoms with Gasteiger partial charge >= 0.3 is 11.9 Å². The van der Waals surface area contributed by atoms with Gasteiger partial charge in [0.15, 0.2) is 5.92 Å².